The molecule has 118 valence electrons. The second-order valence-electron chi connectivity index (χ2n) is 6.34. The van der Waals surface area contributed by atoms with Gasteiger partial charge in [0.2, 0.25) is 0 Å². The van der Waals surface area contributed by atoms with E-state index in [9.17, 15) is 0 Å². The standard InChI is InChI=1S/C20H26O2/c1-15(2)19(17-11-7-5-8-12-17)21-22-20(16(3)4)18-13-9-6-10-14-18/h5-16,19-20H,1-4H3. The summed E-state index contributed by atoms with van der Waals surface area (Å²) < 4.78 is 0. The molecule has 0 heterocycles. The first-order valence-corrected chi connectivity index (χ1v) is 8.01. The molecule has 2 unspecified atom stereocenters. The van der Waals surface area contributed by atoms with E-state index >= 15 is 0 Å². The highest BCUT2D eigenvalue weighted by atomic mass is 17.2. The molecule has 0 N–H and O–H groups in total. The van der Waals surface area contributed by atoms with Gasteiger partial charge in [0.25, 0.3) is 0 Å². The van der Waals surface area contributed by atoms with E-state index < -0.39 is 0 Å². The Morgan fingerprint density at radius 2 is 0.864 bits per heavy atom. The van der Waals surface area contributed by atoms with Crippen LogP contribution in [0.5, 0.6) is 0 Å². The van der Waals surface area contributed by atoms with Gasteiger partial charge in [-0.05, 0) is 23.0 Å². The van der Waals surface area contributed by atoms with Gasteiger partial charge in [-0.1, -0.05) is 88.4 Å². The molecule has 0 fully saturated rings. The summed E-state index contributed by atoms with van der Waals surface area (Å²) in [6, 6.07) is 20.5. The summed E-state index contributed by atoms with van der Waals surface area (Å²) >= 11 is 0. The van der Waals surface area contributed by atoms with E-state index in [2.05, 4.69) is 52.0 Å². The topological polar surface area (TPSA) is 18.5 Å². The summed E-state index contributed by atoms with van der Waals surface area (Å²) in [6.07, 6.45) is -0.127. The third-order valence-electron chi connectivity index (χ3n) is 3.73. The van der Waals surface area contributed by atoms with Gasteiger partial charge in [0.15, 0.2) is 0 Å². The van der Waals surface area contributed by atoms with E-state index in [4.69, 9.17) is 9.78 Å². The normalized spacial score (nSPS) is 14.3. The van der Waals surface area contributed by atoms with Crippen LogP contribution >= 0.6 is 0 Å². The summed E-state index contributed by atoms with van der Waals surface area (Å²) in [5.74, 6) is 0.678. The molecule has 2 heteroatoms. The van der Waals surface area contributed by atoms with Crippen LogP contribution in [0.2, 0.25) is 0 Å². The monoisotopic (exact) mass is 298 g/mol. The molecular formula is C20H26O2. The minimum atomic E-state index is -0.0637. The first kappa shape index (κ1) is 16.7. The van der Waals surface area contributed by atoms with Gasteiger partial charge in [-0.2, -0.15) is 0 Å². The molecule has 2 rings (SSSR count). The maximum Gasteiger partial charge on any atom is 0.120 e. The molecule has 0 saturated heterocycles. The lowest BCUT2D eigenvalue weighted by Crippen LogP contribution is -2.17. The number of hydrogen-bond donors (Lipinski definition) is 0. The molecule has 2 aromatic carbocycles. The minimum absolute atomic E-state index is 0.0637. The molecule has 2 atom stereocenters. The van der Waals surface area contributed by atoms with Gasteiger partial charge in [0, 0.05) is 0 Å². The second kappa shape index (κ2) is 8.11. The number of rotatable bonds is 7. The van der Waals surface area contributed by atoms with Gasteiger partial charge < -0.3 is 0 Å². The van der Waals surface area contributed by atoms with Crippen molar-refractivity contribution in [2.24, 2.45) is 11.8 Å². The smallest absolute Gasteiger partial charge is 0.120 e. The van der Waals surface area contributed by atoms with E-state index in [1.165, 1.54) is 0 Å². The largest absolute Gasteiger partial charge is 0.228 e. The highest BCUT2D eigenvalue weighted by molar-refractivity contribution is 5.19. The van der Waals surface area contributed by atoms with Crippen LogP contribution in [0.4, 0.5) is 0 Å². The van der Waals surface area contributed by atoms with Gasteiger partial charge in [0.05, 0.1) is 0 Å². The molecule has 0 saturated carbocycles. The fourth-order valence-electron chi connectivity index (χ4n) is 2.51. The zero-order chi connectivity index (χ0) is 15.9. The molecule has 0 aliphatic heterocycles. The summed E-state index contributed by atoms with van der Waals surface area (Å²) in [7, 11) is 0. The van der Waals surface area contributed by atoms with Crippen molar-refractivity contribution in [1.82, 2.24) is 0 Å². The van der Waals surface area contributed by atoms with Gasteiger partial charge in [-0.25, -0.2) is 9.78 Å². The Labute approximate surface area is 134 Å². The SMILES string of the molecule is CC(C)C(OOC(c1ccccc1)C(C)C)c1ccccc1. The van der Waals surface area contributed by atoms with E-state index in [1.54, 1.807) is 0 Å². The minimum Gasteiger partial charge on any atom is -0.228 e. The van der Waals surface area contributed by atoms with Crippen LogP contribution in [0.1, 0.15) is 51.0 Å². The lowest BCUT2D eigenvalue weighted by molar-refractivity contribution is -0.370. The Hall–Kier alpha value is -1.64. The zero-order valence-corrected chi connectivity index (χ0v) is 13.9. The fraction of sp³-hybridized carbons (Fsp3) is 0.400. The van der Waals surface area contributed by atoms with Crippen molar-refractivity contribution in [3.63, 3.8) is 0 Å². The van der Waals surface area contributed by atoms with Crippen LogP contribution in [-0.4, -0.2) is 0 Å². The first-order valence-electron chi connectivity index (χ1n) is 8.01. The molecule has 2 nitrogen and oxygen atoms in total. The summed E-state index contributed by atoms with van der Waals surface area (Å²) in [6.45, 7) is 8.59. The first-order chi connectivity index (χ1) is 10.6. The quantitative estimate of drug-likeness (QED) is 0.480. The third kappa shape index (κ3) is 4.43. The molecule has 0 spiro atoms. The van der Waals surface area contributed by atoms with Crippen LogP contribution in [-0.2, 0) is 9.78 Å². The maximum absolute atomic E-state index is 5.87. The van der Waals surface area contributed by atoms with Crippen molar-refractivity contribution < 1.29 is 9.78 Å². The van der Waals surface area contributed by atoms with Crippen molar-refractivity contribution in [2.75, 3.05) is 0 Å². The van der Waals surface area contributed by atoms with Crippen LogP contribution in [0, 0.1) is 11.8 Å². The molecule has 0 aromatic heterocycles. The fourth-order valence-corrected chi connectivity index (χ4v) is 2.51. The lowest BCUT2D eigenvalue weighted by Gasteiger charge is -2.26. The lowest BCUT2D eigenvalue weighted by atomic mass is 9.99. The predicted molar refractivity (Wildman–Crippen MR) is 90.2 cm³/mol. The zero-order valence-electron chi connectivity index (χ0n) is 13.9. The van der Waals surface area contributed by atoms with Crippen LogP contribution in [0.3, 0.4) is 0 Å². The van der Waals surface area contributed by atoms with E-state index in [1.807, 2.05) is 36.4 Å². The van der Waals surface area contributed by atoms with E-state index in [0.29, 0.717) is 11.8 Å². The Balaban J connectivity index is 2.10. The Morgan fingerprint density at radius 1 is 0.545 bits per heavy atom. The average Bonchev–Trinajstić information content (AvgIpc) is 2.52. The van der Waals surface area contributed by atoms with Crippen LogP contribution in [0.15, 0.2) is 60.7 Å². The van der Waals surface area contributed by atoms with Gasteiger partial charge in [-0.3, -0.25) is 0 Å². The van der Waals surface area contributed by atoms with E-state index in [-0.39, 0.29) is 12.2 Å². The van der Waals surface area contributed by atoms with Crippen molar-refractivity contribution in [3.8, 4) is 0 Å². The second-order valence-corrected chi connectivity index (χ2v) is 6.34. The summed E-state index contributed by atoms with van der Waals surface area (Å²) in [5, 5.41) is 0. The van der Waals surface area contributed by atoms with Crippen molar-refractivity contribution in [2.45, 2.75) is 39.9 Å². The molecule has 0 amide bonds. The van der Waals surface area contributed by atoms with Gasteiger partial charge >= 0.3 is 0 Å². The van der Waals surface area contributed by atoms with Crippen LogP contribution < -0.4 is 0 Å². The highest BCUT2D eigenvalue weighted by Crippen LogP contribution is 2.31. The highest BCUT2D eigenvalue weighted by Gasteiger charge is 2.23. The molecule has 0 bridgehead atoms. The summed E-state index contributed by atoms with van der Waals surface area (Å²) in [5.41, 5.74) is 2.29. The number of benzene rings is 2. The molecular weight excluding hydrogens is 272 g/mol. The molecule has 22 heavy (non-hydrogen) atoms. The Morgan fingerprint density at radius 3 is 1.14 bits per heavy atom. The van der Waals surface area contributed by atoms with E-state index in [0.717, 1.165) is 11.1 Å². The molecule has 0 aliphatic rings. The number of hydrogen-bond acceptors (Lipinski definition) is 2. The molecule has 2 aromatic rings. The third-order valence-corrected chi connectivity index (χ3v) is 3.73. The van der Waals surface area contributed by atoms with Crippen molar-refractivity contribution in [1.29, 1.82) is 0 Å². The Bertz CT molecular complexity index is 483. The average molecular weight is 298 g/mol. The molecule has 0 aliphatic carbocycles. The van der Waals surface area contributed by atoms with Crippen molar-refractivity contribution in [3.05, 3.63) is 71.8 Å². The van der Waals surface area contributed by atoms with Crippen LogP contribution in [0.25, 0.3) is 0 Å². The molecule has 0 radical (unpaired) electrons. The Kier molecular flexibility index (Phi) is 6.17. The van der Waals surface area contributed by atoms with Crippen molar-refractivity contribution >= 4 is 0 Å². The maximum atomic E-state index is 5.87. The van der Waals surface area contributed by atoms with Gasteiger partial charge in [0.1, 0.15) is 12.2 Å². The predicted octanol–water partition coefficient (Wildman–Crippen LogP) is 5.73. The van der Waals surface area contributed by atoms with Gasteiger partial charge in [-0.15, -0.1) is 0 Å². The summed E-state index contributed by atoms with van der Waals surface area (Å²) in [4.78, 5) is 11.7.